The second-order valence-electron chi connectivity index (χ2n) is 6.89. The van der Waals surface area contributed by atoms with Gasteiger partial charge >= 0.3 is 0 Å². The topological polar surface area (TPSA) is 65.5 Å². The van der Waals surface area contributed by atoms with Gasteiger partial charge in [-0.25, -0.2) is 4.39 Å². The minimum Gasteiger partial charge on any atom is -0.355 e. The van der Waals surface area contributed by atoms with Gasteiger partial charge in [0, 0.05) is 45.1 Å². The van der Waals surface area contributed by atoms with Crippen LogP contribution in [0.2, 0.25) is 0 Å². The summed E-state index contributed by atoms with van der Waals surface area (Å²) in [6, 6.07) is 9.83. The third-order valence-electron chi connectivity index (χ3n) is 4.80. The number of halogens is 1. The molecule has 1 fully saturated rings. The second-order valence-corrected chi connectivity index (χ2v) is 6.89. The van der Waals surface area contributed by atoms with Crippen LogP contribution in [-0.4, -0.2) is 65.9 Å². The quantitative estimate of drug-likeness (QED) is 0.824. The van der Waals surface area contributed by atoms with E-state index >= 15 is 0 Å². The molecule has 6 nitrogen and oxygen atoms in total. The molecule has 1 N–H and O–H groups in total. The fraction of sp³-hybridized carbons (Fsp3) is 0.381. The Morgan fingerprint density at radius 3 is 2.64 bits per heavy atom. The van der Waals surface area contributed by atoms with Gasteiger partial charge in [-0.15, -0.1) is 0 Å². The van der Waals surface area contributed by atoms with Gasteiger partial charge in [-0.2, -0.15) is 0 Å². The van der Waals surface area contributed by atoms with Crippen molar-refractivity contribution in [3.8, 4) is 0 Å². The van der Waals surface area contributed by atoms with Crippen molar-refractivity contribution in [1.82, 2.24) is 20.1 Å². The van der Waals surface area contributed by atoms with Crippen LogP contribution in [0.5, 0.6) is 0 Å². The van der Waals surface area contributed by atoms with Crippen LogP contribution in [0, 0.1) is 5.82 Å². The van der Waals surface area contributed by atoms with Gasteiger partial charge in [-0.05, 0) is 42.7 Å². The highest BCUT2D eigenvalue weighted by Crippen LogP contribution is 2.08. The molecular formula is C21H25FN4O2. The van der Waals surface area contributed by atoms with E-state index in [2.05, 4.69) is 15.2 Å². The molecule has 1 aromatic carbocycles. The largest absolute Gasteiger partial charge is 0.355 e. The summed E-state index contributed by atoms with van der Waals surface area (Å²) < 4.78 is 12.9. The predicted octanol–water partition coefficient (Wildman–Crippen LogP) is 1.73. The first-order valence-corrected chi connectivity index (χ1v) is 9.54. The molecule has 0 radical (unpaired) electrons. The first kappa shape index (κ1) is 19.9. The van der Waals surface area contributed by atoms with Crippen molar-refractivity contribution in [2.75, 3.05) is 39.3 Å². The van der Waals surface area contributed by atoms with Crippen LogP contribution in [0.1, 0.15) is 22.3 Å². The van der Waals surface area contributed by atoms with E-state index in [0.29, 0.717) is 44.7 Å². The van der Waals surface area contributed by atoms with Gasteiger partial charge in [-0.1, -0.05) is 12.1 Å². The highest BCUT2D eigenvalue weighted by molar-refractivity contribution is 5.93. The fourth-order valence-corrected chi connectivity index (χ4v) is 3.26. The smallest absolute Gasteiger partial charge is 0.255 e. The summed E-state index contributed by atoms with van der Waals surface area (Å²) >= 11 is 0. The van der Waals surface area contributed by atoms with Crippen molar-refractivity contribution < 1.29 is 14.0 Å². The molecule has 28 heavy (non-hydrogen) atoms. The first-order valence-electron chi connectivity index (χ1n) is 9.54. The molecule has 1 saturated heterocycles. The zero-order chi connectivity index (χ0) is 19.8. The Morgan fingerprint density at radius 2 is 1.89 bits per heavy atom. The lowest BCUT2D eigenvalue weighted by Gasteiger charge is -2.21. The van der Waals surface area contributed by atoms with Crippen molar-refractivity contribution in [2.45, 2.75) is 12.8 Å². The molecule has 0 aliphatic carbocycles. The third kappa shape index (κ3) is 5.85. The lowest BCUT2D eigenvalue weighted by Crippen LogP contribution is -2.40. The van der Waals surface area contributed by atoms with E-state index in [0.717, 1.165) is 18.5 Å². The van der Waals surface area contributed by atoms with Gasteiger partial charge in [0.05, 0.1) is 12.1 Å². The minimum absolute atomic E-state index is 0.0151. The van der Waals surface area contributed by atoms with E-state index in [4.69, 9.17) is 0 Å². The van der Waals surface area contributed by atoms with Gasteiger partial charge in [0.15, 0.2) is 0 Å². The SMILES string of the molecule is O=C(CN1CCCN(C(=O)c2cccnc2)CC1)NCCc1ccc(F)cc1. The van der Waals surface area contributed by atoms with E-state index in [1.54, 1.807) is 36.7 Å². The molecular weight excluding hydrogens is 359 g/mol. The van der Waals surface area contributed by atoms with Crippen molar-refractivity contribution >= 4 is 11.8 Å². The number of amides is 2. The zero-order valence-electron chi connectivity index (χ0n) is 15.8. The summed E-state index contributed by atoms with van der Waals surface area (Å²) in [6.45, 7) is 3.55. The molecule has 7 heteroatoms. The molecule has 2 aromatic rings. The summed E-state index contributed by atoms with van der Waals surface area (Å²) in [4.78, 5) is 32.6. The monoisotopic (exact) mass is 384 g/mol. The molecule has 0 spiro atoms. The van der Waals surface area contributed by atoms with E-state index in [1.165, 1.54) is 12.1 Å². The Balaban J connectivity index is 1.41. The third-order valence-corrected chi connectivity index (χ3v) is 4.80. The summed E-state index contributed by atoms with van der Waals surface area (Å²) in [6.07, 6.45) is 4.73. The average molecular weight is 384 g/mol. The Bertz CT molecular complexity index is 783. The Kier molecular flexibility index (Phi) is 7.08. The molecule has 2 amide bonds. The fourth-order valence-electron chi connectivity index (χ4n) is 3.26. The van der Waals surface area contributed by atoms with Gasteiger partial charge in [0.25, 0.3) is 5.91 Å². The molecule has 148 valence electrons. The van der Waals surface area contributed by atoms with Gasteiger partial charge < -0.3 is 10.2 Å². The number of pyridine rings is 1. The van der Waals surface area contributed by atoms with Crippen LogP contribution in [0.4, 0.5) is 4.39 Å². The Morgan fingerprint density at radius 1 is 1.07 bits per heavy atom. The molecule has 0 unspecified atom stereocenters. The summed E-state index contributed by atoms with van der Waals surface area (Å²) in [7, 11) is 0. The lowest BCUT2D eigenvalue weighted by molar-refractivity contribution is -0.122. The maximum atomic E-state index is 12.9. The number of nitrogens with one attached hydrogen (secondary N) is 1. The molecule has 2 heterocycles. The molecule has 1 aliphatic rings. The number of carbonyl (C=O) groups excluding carboxylic acids is 2. The van der Waals surface area contributed by atoms with Crippen LogP contribution < -0.4 is 5.32 Å². The highest BCUT2D eigenvalue weighted by Gasteiger charge is 2.21. The summed E-state index contributed by atoms with van der Waals surface area (Å²) in [5.74, 6) is -0.308. The molecule has 1 aliphatic heterocycles. The number of carbonyl (C=O) groups is 2. The molecule has 0 saturated carbocycles. The zero-order valence-corrected chi connectivity index (χ0v) is 15.8. The number of benzene rings is 1. The Hall–Kier alpha value is -2.80. The van der Waals surface area contributed by atoms with Crippen LogP contribution in [0.15, 0.2) is 48.8 Å². The molecule has 0 bridgehead atoms. The summed E-state index contributed by atoms with van der Waals surface area (Å²) in [5, 5.41) is 2.91. The summed E-state index contributed by atoms with van der Waals surface area (Å²) in [5.41, 5.74) is 1.58. The van der Waals surface area contributed by atoms with Crippen molar-refractivity contribution in [3.05, 3.63) is 65.7 Å². The number of nitrogens with zero attached hydrogens (tertiary/aromatic N) is 3. The van der Waals surface area contributed by atoms with Gasteiger partial charge in [0.1, 0.15) is 5.82 Å². The van der Waals surface area contributed by atoms with E-state index in [-0.39, 0.29) is 17.6 Å². The van der Waals surface area contributed by atoms with Crippen LogP contribution in [-0.2, 0) is 11.2 Å². The van der Waals surface area contributed by atoms with E-state index in [9.17, 15) is 14.0 Å². The van der Waals surface area contributed by atoms with Crippen molar-refractivity contribution in [3.63, 3.8) is 0 Å². The maximum absolute atomic E-state index is 12.9. The van der Waals surface area contributed by atoms with Crippen molar-refractivity contribution in [2.24, 2.45) is 0 Å². The first-order chi connectivity index (χ1) is 13.6. The highest BCUT2D eigenvalue weighted by atomic mass is 19.1. The standard InChI is InChI=1S/C21H25FN4O2/c22-19-6-4-17(5-7-19)8-10-24-20(27)16-25-11-2-12-26(14-13-25)21(28)18-3-1-9-23-15-18/h1,3-7,9,15H,2,8,10-14,16H2,(H,24,27). The van der Waals surface area contributed by atoms with Crippen LogP contribution in [0.3, 0.4) is 0 Å². The van der Waals surface area contributed by atoms with Crippen LogP contribution in [0.25, 0.3) is 0 Å². The lowest BCUT2D eigenvalue weighted by atomic mass is 10.1. The number of aromatic nitrogens is 1. The minimum atomic E-state index is -0.259. The molecule has 0 atom stereocenters. The molecule has 3 rings (SSSR count). The maximum Gasteiger partial charge on any atom is 0.255 e. The molecule has 1 aromatic heterocycles. The van der Waals surface area contributed by atoms with Gasteiger partial charge in [-0.3, -0.25) is 19.5 Å². The van der Waals surface area contributed by atoms with Crippen molar-refractivity contribution in [1.29, 1.82) is 0 Å². The second kappa shape index (κ2) is 9.94. The Labute approximate surface area is 164 Å². The van der Waals surface area contributed by atoms with Crippen LogP contribution >= 0.6 is 0 Å². The average Bonchev–Trinajstić information content (AvgIpc) is 2.95. The predicted molar refractivity (Wildman–Crippen MR) is 104 cm³/mol. The number of hydrogen-bond donors (Lipinski definition) is 1. The number of rotatable bonds is 6. The van der Waals surface area contributed by atoms with E-state index < -0.39 is 0 Å². The van der Waals surface area contributed by atoms with Gasteiger partial charge in [0.2, 0.25) is 5.91 Å². The normalized spacial score (nSPS) is 15.1. The van der Waals surface area contributed by atoms with E-state index in [1.807, 2.05) is 4.90 Å². The number of hydrogen-bond acceptors (Lipinski definition) is 4.